The Morgan fingerprint density at radius 3 is 2.55 bits per heavy atom. The molecular formula is C38H50FN7O9S. The highest BCUT2D eigenvalue weighted by molar-refractivity contribution is 7.91. The van der Waals surface area contributed by atoms with Crippen molar-refractivity contribution >= 4 is 50.7 Å². The molecule has 2 saturated heterocycles. The third kappa shape index (κ3) is 7.68. The Hall–Kier alpha value is -4.74. The maximum Gasteiger partial charge on any atom is 0.405 e. The molecule has 18 heteroatoms. The molecule has 4 N–H and O–H groups in total. The summed E-state index contributed by atoms with van der Waals surface area (Å²) in [5.74, 6) is -1.99. The number of sulfonamides is 1. The highest BCUT2D eigenvalue weighted by atomic mass is 32.2. The molecule has 56 heavy (non-hydrogen) atoms. The molecule has 3 aliphatic heterocycles. The Morgan fingerprint density at radius 1 is 1.12 bits per heavy atom. The molecule has 2 aliphatic carbocycles. The number of carbonyl (C=O) groups excluding carboxylic acids is 3. The normalized spacial score (nSPS) is 30.4. The van der Waals surface area contributed by atoms with Gasteiger partial charge in [-0.25, -0.2) is 22.6 Å². The summed E-state index contributed by atoms with van der Waals surface area (Å²) in [6, 6.07) is 2.85. The number of halogens is 1. The third-order valence-corrected chi connectivity index (χ3v) is 14.2. The number of benzene rings is 1. The Morgan fingerprint density at radius 2 is 1.88 bits per heavy atom. The summed E-state index contributed by atoms with van der Waals surface area (Å²) in [5.41, 5.74) is -1.10. The van der Waals surface area contributed by atoms with Crippen LogP contribution < -0.4 is 29.7 Å². The average molecular weight is 800 g/mol. The number of carboxylic acid groups (broad SMARTS) is 1. The van der Waals surface area contributed by atoms with Gasteiger partial charge < -0.3 is 35.0 Å². The predicted octanol–water partition coefficient (Wildman–Crippen LogP) is 3.06. The third-order valence-electron chi connectivity index (χ3n) is 12.1. The number of methoxy groups -OCH3 is 1. The molecule has 5 aliphatic rings. The molecule has 4 heterocycles. The maximum atomic E-state index is 14.5. The largest absolute Gasteiger partial charge is 0.497 e. The van der Waals surface area contributed by atoms with Gasteiger partial charge in [-0.3, -0.25) is 19.1 Å². The standard InChI is InChI=1S/C38H50FN7O9S/c1-22-8-4-5-9-24-19-38(24,34(49)44-56(52,53)37(21-39)12-13-37)43-31(47)29-18-26(20-46(29)33(48)30(23(2)16-22)41-36(50)51)55-32-27-11-10-25(54-3)17-28(27)40-35(42-32)45-14-6-7-15-45/h5,9-11,17,22-24,26,29-30,41H,4,6-8,12-16,18-21H2,1-3H3,(H,43,47)(H,44,49)(H,50,51)/t22-,23-,24-,26-,29+,30+,38-/m1/s1. The van der Waals surface area contributed by atoms with Crippen LogP contribution in [-0.2, 0) is 24.4 Å². The number of hydrogen-bond donors (Lipinski definition) is 4. The van der Waals surface area contributed by atoms with Crippen molar-refractivity contribution in [2.75, 3.05) is 38.3 Å². The van der Waals surface area contributed by atoms with Crippen LogP contribution >= 0.6 is 0 Å². The summed E-state index contributed by atoms with van der Waals surface area (Å²) in [6.45, 7) is 4.07. The average Bonchev–Trinajstić information content (AvgIpc) is 3.97. The van der Waals surface area contributed by atoms with E-state index in [0.717, 1.165) is 25.9 Å². The van der Waals surface area contributed by atoms with Gasteiger partial charge in [-0.05, 0) is 75.3 Å². The van der Waals surface area contributed by atoms with Gasteiger partial charge in [0.1, 0.15) is 40.9 Å². The summed E-state index contributed by atoms with van der Waals surface area (Å²) < 4.78 is 52.6. The van der Waals surface area contributed by atoms with Crippen LogP contribution in [0.15, 0.2) is 30.4 Å². The lowest BCUT2D eigenvalue weighted by Gasteiger charge is -2.32. The number of allylic oxidation sites excluding steroid dienone is 1. The minimum atomic E-state index is -4.40. The SMILES string of the molecule is COc1ccc2c(O[C@@H]3C[C@H]4C(=O)N[C@]5(C(=O)NS(=O)(=O)C6(CF)CC6)C[C@H]5C=CCC[C@@H](C)C[C@@H](C)[C@H](NC(=O)O)C(=O)N4C3)nc(N3CCCC3)nc2c1. The minimum absolute atomic E-state index is 0.0513. The van der Waals surface area contributed by atoms with Gasteiger partial charge in [-0.1, -0.05) is 26.0 Å². The van der Waals surface area contributed by atoms with E-state index >= 15 is 0 Å². The number of ether oxygens (including phenoxy) is 2. The molecule has 1 aromatic carbocycles. The van der Waals surface area contributed by atoms with Crippen LogP contribution in [0.25, 0.3) is 10.9 Å². The van der Waals surface area contributed by atoms with Crippen LogP contribution in [0, 0.1) is 17.8 Å². The molecule has 2 aromatic rings. The van der Waals surface area contributed by atoms with E-state index in [2.05, 4.69) is 20.3 Å². The second-order valence-corrected chi connectivity index (χ2v) is 18.2. The van der Waals surface area contributed by atoms with Crippen molar-refractivity contribution in [2.24, 2.45) is 17.8 Å². The number of carbonyl (C=O) groups is 4. The number of aromatic nitrogens is 2. The molecular weight excluding hydrogens is 750 g/mol. The first kappa shape index (κ1) is 39.5. The number of hydrogen-bond acceptors (Lipinski definition) is 11. The Bertz CT molecular complexity index is 2020. The summed E-state index contributed by atoms with van der Waals surface area (Å²) in [5, 5.41) is 15.6. The van der Waals surface area contributed by atoms with E-state index in [0.29, 0.717) is 41.9 Å². The van der Waals surface area contributed by atoms with Crippen molar-refractivity contribution in [1.82, 2.24) is 30.2 Å². The molecule has 16 nitrogen and oxygen atoms in total. The van der Waals surface area contributed by atoms with Crippen LogP contribution in [0.2, 0.25) is 0 Å². The number of nitrogens with one attached hydrogen (secondary N) is 3. The summed E-state index contributed by atoms with van der Waals surface area (Å²) in [6.07, 6.45) is 5.42. The van der Waals surface area contributed by atoms with Crippen molar-refractivity contribution in [3.05, 3.63) is 30.4 Å². The van der Waals surface area contributed by atoms with Crippen LogP contribution in [0.4, 0.5) is 15.1 Å². The quantitative estimate of drug-likeness (QED) is 0.270. The van der Waals surface area contributed by atoms with Gasteiger partial charge in [0, 0.05) is 31.5 Å². The monoisotopic (exact) mass is 799 g/mol. The van der Waals surface area contributed by atoms with Crippen molar-refractivity contribution < 1.29 is 46.6 Å². The fourth-order valence-electron chi connectivity index (χ4n) is 8.39. The first-order valence-corrected chi connectivity index (χ1v) is 20.9. The Kier molecular flexibility index (Phi) is 10.8. The fourth-order valence-corrected chi connectivity index (χ4v) is 9.81. The second kappa shape index (κ2) is 15.3. The lowest BCUT2D eigenvalue weighted by Crippen LogP contribution is -2.59. The van der Waals surface area contributed by atoms with Gasteiger partial charge >= 0.3 is 6.09 Å². The number of amides is 4. The van der Waals surface area contributed by atoms with E-state index < -0.39 is 80.8 Å². The van der Waals surface area contributed by atoms with Crippen LogP contribution in [-0.4, -0.2) is 114 Å². The Balaban J connectivity index is 1.23. The molecule has 304 valence electrons. The van der Waals surface area contributed by atoms with E-state index in [9.17, 15) is 37.1 Å². The smallest absolute Gasteiger partial charge is 0.405 e. The molecule has 0 spiro atoms. The van der Waals surface area contributed by atoms with Crippen molar-refractivity contribution in [2.45, 2.75) is 100 Å². The van der Waals surface area contributed by atoms with E-state index in [-0.39, 0.29) is 44.0 Å². The molecule has 0 bridgehead atoms. The zero-order valence-electron chi connectivity index (χ0n) is 31.8. The van der Waals surface area contributed by atoms with Crippen LogP contribution in [0.1, 0.15) is 71.6 Å². The van der Waals surface area contributed by atoms with Gasteiger partial charge in [0.2, 0.25) is 33.7 Å². The topological polar surface area (TPSA) is 209 Å². The van der Waals surface area contributed by atoms with Gasteiger partial charge in [-0.2, -0.15) is 4.98 Å². The lowest BCUT2D eigenvalue weighted by atomic mass is 9.88. The molecule has 7 atom stereocenters. The van der Waals surface area contributed by atoms with Gasteiger partial charge in [0.25, 0.3) is 5.91 Å². The summed E-state index contributed by atoms with van der Waals surface area (Å²) in [7, 11) is -2.85. The molecule has 4 fully saturated rings. The highest BCUT2D eigenvalue weighted by Gasteiger charge is 2.64. The van der Waals surface area contributed by atoms with Gasteiger partial charge in [0.05, 0.1) is 24.6 Å². The Labute approximate surface area is 325 Å². The first-order chi connectivity index (χ1) is 26.7. The molecule has 0 radical (unpaired) electrons. The molecule has 2 saturated carbocycles. The van der Waals surface area contributed by atoms with Gasteiger partial charge in [0.15, 0.2) is 0 Å². The van der Waals surface area contributed by atoms with Crippen molar-refractivity contribution in [3.63, 3.8) is 0 Å². The highest BCUT2D eigenvalue weighted by Crippen LogP contribution is 2.48. The number of alkyl halides is 1. The van der Waals surface area contributed by atoms with E-state index in [1.807, 2.05) is 13.0 Å². The first-order valence-electron chi connectivity index (χ1n) is 19.4. The van der Waals surface area contributed by atoms with Crippen molar-refractivity contribution in [1.29, 1.82) is 0 Å². The minimum Gasteiger partial charge on any atom is -0.497 e. The van der Waals surface area contributed by atoms with E-state index in [1.54, 1.807) is 38.3 Å². The lowest BCUT2D eigenvalue weighted by molar-refractivity contribution is -0.142. The second-order valence-electron chi connectivity index (χ2n) is 16.2. The van der Waals surface area contributed by atoms with E-state index in [1.165, 1.54) is 4.90 Å². The predicted molar refractivity (Wildman–Crippen MR) is 202 cm³/mol. The number of anilines is 1. The number of nitrogens with zero attached hydrogens (tertiary/aromatic N) is 4. The number of rotatable bonds is 9. The van der Waals surface area contributed by atoms with Crippen molar-refractivity contribution in [3.8, 4) is 11.6 Å². The summed E-state index contributed by atoms with van der Waals surface area (Å²) in [4.78, 5) is 67.8. The zero-order chi connectivity index (χ0) is 40.0. The molecule has 1 aromatic heterocycles. The van der Waals surface area contributed by atoms with E-state index in [4.69, 9.17) is 19.4 Å². The van der Waals surface area contributed by atoms with Crippen LogP contribution in [0.5, 0.6) is 11.6 Å². The molecule has 4 amide bonds. The van der Waals surface area contributed by atoms with Gasteiger partial charge in [-0.15, -0.1) is 0 Å². The molecule has 7 rings (SSSR count). The molecule has 0 unspecified atom stereocenters. The summed E-state index contributed by atoms with van der Waals surface area (Å²) >= 11 is 0. The maximum absolute atomic E-state index is 14.5. The van der Waals surface area contributed by atoms with Crippen LogP contribution in [0.3, 0.4) is 0 Å². The zero-order valence-corrected chi connectivity index (χ0v) is 32.6. The number of fused-ring (bicyclic) bond motifs is 3. The fraction of sp³-hybridized carbons (Fsp3) is 0.632.